The third-order valence-electron chi connectivity index (χ3n) is 2.92. The molecule has 4 heteroatoms. The van der Waals surface area contributed by atoms with Crippen molar-refractivity contribution < 1.29 is 8.78 Å². The van der Waals surface area contributed by atoms with E-state index in [1.807, 2.05) is 0 Å². The molecule has 0 aromatic rings. The molecule has 0 radical (unpaired) electrons. The summed E-state index contributed by atoms with van der Waals surface area (Å²) in [6, 6.07) is 0. The van der Waals surface area contributed by atoms with Crippen molar-refractivity contribution >= 4 is 0 Å². The van der Waals surface area contributed by atoms with Gasteiger partial charge in [-0.1, -0.05) is 0 Å². The lowest BCUT2D eigenvalue weighted by Crippen LogP contribution is -2.30. The second-order valence-corrected chi connectivity index (χ2v) is 3.68. The first-order chi connectivity index (χ1) is 5.79. The quantitative estimate of drug-likeness (QED) is 0.592. The van der Waals surface area contributed by atoms with Crippen LogP contribution in [-0.2, 0) is 0 Å². The first-order valence-corrected chi connectivity index (χ1v) is 4.48. The molecule has 0 aromatic carbocycles. The van der Waals surface area contributed by atoms with Crippen molar-refractivity contribution in [1.29, 1.82) is 0 Å². The Morgan fingerprint density at radius 3 is 1.42 bits per heavy atom. The van der Waals surface area contributed by atoms with E-state index in [0.29, 0.717) is 26.2 Å². The summed E-state index contributed by atoms with van der Waals surface area (Å²) in [5.41, 5.74) is 0. The zero-order valence-electron chi connectivity index (χ0n) is 6.89. The smallest absolute Gasteiger partial charge is 0.117 e. The lowest BCUT2D eigenvalue weighted by atomic mass is 9.89. The minimum atomic E-state index is -0.854. The van der Waals surface area contributed by atoms with Gasteiger partial charge in [-0.15, -0.1) is 0 Å². The molecule has 0 saturated carbocycles. The Hall–Kier alpha value is -0.220. The largest absolute Gasteiger partial charge is 0.313 e. The van der Waals surface area contributed by atoms with Gasteiger partial charge in [0.1, 0.15) is 12.3 Å². The van der Waals surface area contributed by atoms with E-state index >= 15 is 0 Å². The summed E-state index contributed by atoms with van der Waals surface area (Å²) < 4.78 is 26.3. The van der Waals surface area contributed by atoms with E-state index in [9.17, 15) is 8.78 Å². The van der Waals surface area contributed by atoms with E-state index in [1.165, 1.54) is 0 Å². The van der Waals surface area contributed by atoms with E-state index in [4.69, 9.17) is 0 Å². The maximum absolute atomic E-state index is 13.2. The van der Waals surface area contributed by atoms with E-state index in [-0.39, 0.29) is 11.8 Å². The Morgan fingerprint density at radius 2 is 1.17 bits per heavy atom. The number of hydrogen-bond donors (Lipinski definition) is 2. The van der Waals surface area contributed by atoms with Crippen LogP contribution in [0, 0.1) is 11.8 Å². The number of halogens is 2. The van der Waals surface area contributed by atoms with Crippen molar-refractivity contribution in [3.63, 3.8) is 0 Å². The maximum atomic E-state index is 13.2. The van der Waals surface area contributed by atoms with E-state index < -0.39 is 12.3 Å². The Balaban J connectivity index is 1.98. The maximum Gasteiger partial charge on any atom is 0.117 e. The zero-order chi connectivity index (χ0) is 8.55. The average Bonchev–Trinajstić information content (AvgIpc) is 2.59. The van der Waals surface area contributed by atoms with Crippen molar-refractivity contribution in [2.75, 3.05) is 26.2 Å². The topological polar surface area (TPSA) is 24.1 Å². The summed E-state index contributed by atoms with van der Waals surface area (Å²) in [6.45, 7) is 2.06. The molecule has 0 aliphatic carbocycles. The molecule has 2 nitrogen and oxygen atoms in total. The number of hydrogen-bond acceptors (Lipinski definition) is 2. The molecule has 70 valence electrons. The number of nitrogens with one attached hydrogen (secondary N) is 2. The molecule has 2 heterocycles. The molecule has 2 aliphatic rings. The summed E-state index contributed by atoms with van der Waals surface area (Å²) in [5.74, 6) is -0.231. The van der Waals surface area contributed by atoms with Crippen LogP contribution in [0.4, 0.5) is 8.78 Å². The lowest BCUT2D eigenvalue weighted by Gasteiger charge is -2.20. The fourth-order valence-corrected chi connectivity index (χ4v) is 2.17. The molecule has 0 spiro atoms. The Kier molecular flexibility index (Phi) is 2.28. The Bertz CT molecular complexity index is 147. The van der Waals surface area contributed by atoms with Crippen LogP contribution in [0.1, 0.15) is 0 Å². The van der Waals surface area contributed by atoms with Crippen molar-refractivity contribution in [2.45, 2.75) is 12.3 Å². The fourth-order valence-electron chi connectivity index (χ4n) is 2.17. The van der Waals surface area contributed by atoms with Gasteiger partial charge in [0.15, 0.2) is 0 Å². The molecule has 0 bridgehead atoms. The monoisotopic (exact) mass is 176 g/mol. The third kappa shape index (κ3) is 1.33. The molecule has 4 atom stereocenters. The highest BCUT2D eigenvalue weighted by Gasteiger charge is 2.40. The molecule has 2 saturated heterocycles. The molecule has 2 aliphatic heterocycles. The molecule has 0 amide bonds. The van der Waals surface area contributed by atoms with Gasteiger partial charge in [0.05, 0.1) is 0 Å². The molecule has 0 aromatic heterocycles. The SMILES string of the molecule is FC1CNCC1C1CNC[C@@H]1F. The third-order valence-corrected chi connectivity index (χ3v) is 2.92. The van der Waals surface area contributed by atoms with Crippen LogP contribution < -0.4 is 10.6 Å². The van der Waals surface area contributed by atoms with Crippen molar-refractivity contribution in [2.24, 2.45) is 11.8 Å². The van der Waals surface area contributed by atoms with Gasteiger partial charge in [0, 0.05) is 38.0 Å². The van der Waals surface area contributed by atoms with Gasteiger partial charge < -0.3 is 10.6 Å². The second-order valence-electron chi connectivity index (χ2n) is 3.68. The highest BCUT2D eigenvalue weighted by Crippen LogP contribution is 2.28. The van der Waals surface area contributed by atoms with Gasteiger partial charge in [-0.2, -0.15) is 0 Å². The molecule has 2 N–H and O–H groups in total. The molecule has 3 unspecified atom stereocenters. The first kappa shape index (κ1) is 8.38. The molecule has 12 heavy (non-hydrogen) atoms. The normalized spacial score (nSPS) is 48.5. The lowest BCUT2D eigenvalue weighted by molar-refractivity contribution is 0.161. The standard InChI is InChI=1S/C8H14F2N2/c9-7-3-11-1-5(7)6-2-12-4-8(6)10/h5-8,11-12H,1-4H2/t5?,6?,7-,8?/m0/s1. The van der Waals surface area contributed by atoms with Gasteiger partial charge in [-0.05, 0) is 0 Å². The predicted molar refractivity (Wildman–Crippen MR) is 42.5 cm³/mol. The Labute approximate surface area is 70.7 Å². The molecular weight excluding hydrogens is 162 g/mol. The summed E-state index contributed by atoms with van der Waals surface area (Å²) >= 11 is 0. The minimum Gasteiger partial charge on any atom is -0.313 e. The second kappa shape index (κ2) is 3.26. The molecule has 2 rings (SSSR count). The van der Waals surface area contributed by atoms with Crippen LogP contribution in [-0.4, -0.2) is 38.5 Å². The van der Waals surface area contributed by atoms with Crippen LogP contribution in [0.15, 0.2) is 0 Å². The summed E-state index contributed by atoms with van der Waals surface area (Å²) in [6.07, 6.45) is -1.71. The first-order valence-electron chi connectivity index (χ1n) is 4.48. The van der Waals surface area contributed by atoms with Gasteiger partial charge >= 0.3 is 0 Å². The zero-order valence-corrected chi connectivity index (χ0v) is 6.89. The van der Waals surface area contributed by atoms with E-state index in [0.717, 1.165) is 0 Å². The highest BCUT2D eigenvalue weighted by molar-refractivity contribution is 4.93. The van der Waals surface area contributed by atoms with Crippen LogP contribution >= 0.6 is 0 Å². The predicted octanol–water partition coefficient (Wildman–Crippen LogP) is 0.101. The number of alkyl halides is 2. The van der Waals surface area contributed by atoms with Crippen molar-refractivity contribution in [3.05, 3.63) is 0 Å². The van der Waals surface area contributed by atoms with Crippen molar-refractivity contribution in [1.82, 2.24) is 10.6 Å². The van der Waals surface area contributed by atoms with Gasteiger partial charge in [-0.25, -0.2) is 8.78 Å². The van der Waals surface area contributed by atoms with Crippen LogP contribution in [0.5, 0.6) is 0 Å². The van der Waals surface area contributed by atoms with Crippen LogP contribution in [0.2, 0.25) is 0 Å². The van der Waals surface area contributed by atoms with Crippen LogP contribution in [0.25, 0.3) is 0 Å². The van der Waals surface area contributed by atoms with Crippen molar-refractivity contribution in [3.8, 4) is 0 Å². The van der Waals surface area contributed by atoms with E-state index in [2.05, 4.69) is 10.6 Å². The van der Waals surface area contributed by atoms with Gasteiger partial charge in [-0.3, -0.25) is 0 Å². The molecular formula is C8H14F2N2. The fraction of sp³-hybridized carbons (Fsp3) is 1.00. The summed E-state index contributed by atoms with van der Waals surface area (Å²) in [5, 5.41) is 5.90. The minimum absolute atomic E-state index is 0.116. The van der Waals surface area contributed by atoms with Crippen LogP contribution in [0.3, 0.4) is 0 Å². The van der Waals surface area contributed by atoms with Gasteiger partial charge in [0.2, 0.25) is 0 Å². The average molecular weight is 176 g/mol. The number of rotatable bonds is 1. The molecule has 2 fully saturated rings. The Morgan fingerprint density at radius 1 is 0.750 bits per heavy atom. The summed E-state index contributed by atoms with van der Waals surface area (Å²) in [7, 11) is 0. The highest BCUT2D eigenvalue weighted by atomic mass is 19.1. The van der Waals surface area contributed by atoms with Gasteiger partial charge in [0.25, 0.3) is 0 Å². The van der Waals surface area contributed by atoms with E-state index in [1.54, 1.807) is 0 Å². The summed E-state index contributed by atoms with van der Waals surface area (Å²) in [4.78, 5) is 0.